The molecule has 0 heterocycles. The summed E-state index contributed by atoms with van der Waals surface area (Å²) >= 11 is 0. The van der Waals surface area contributed by atoms with E-state index in [0.717, 1.165) is 12.5 Å². The number of nitrogens with one attached hydrogen (secondary N) is 1. The molecule has 1 amide bonds. The highest BCUT2D eigenvalue weighted by Crippen LogP contribution is 2.12. The number of amides is 1. The Morgan fingerprint density at radius 2 is 1.46 bits per heavy atom. The summed E-state index contributed by atoms with van der Waals surface area (Å²) in [6.07, 6.45) is 1.35. The summed E-state index contributed by atoms with van der Waals surface area (Å²) in [5.41, 5.74) is -0.711. The standard InChI is InChI=1S/C13H27NO8S2/c1-10(8-20-23(5,16)17)7-11(9-21-24(6,18)19)14-12(15)22-13(2,3)4/h10-11H,7-9H2,1-6H3,(H,14,15)/t10-,11-/m1/s1. The number of carbonyl (C=O) groups is 1. The first-order chi connectivity index (χ1) is 10.6. The maximum Gasteiger partial charge on any atom is 0.407 e. The van der Waals surface area contributed by atoms with Crippen LogP contribution in [0.15, 0.2) is 0 Å². The monoisotopic (exact) mass is 389 g/mol. The average molecular weight is 389 g/mol. The van der Waals surface area contributed by atoms with Gasteiger partial charge in [0, 0.05) is 0 Å². The Kier molecular flexibility index (Phi) is 8.63. The van der Waals surface area contributed by atoms with Crippen LogP contribution in [0.3, 0.4) is 0 Å². The second-order valence-corrected chi connectivity index (χ2v) is 9.95. The van der Waals surface area contributed by atoms with Crippen molar-refractivity contribution in [2.45, 2.75) is 45.8 Å². The van der Waals surface area contributed by atoms with Crippen LogP contribution >= 0.6 is 0 Å². The SMILES string of the molecule is C[C@@H](COS(C)(=O)=O)C[C@H](COS(C)(=O)=O)NC(=O)OC(C)(C)C. The highest BCUT2D eigenvalue weighted by atomic mass is 32.2. The molecule has 0 bridgehead atoms. The van der Waals surface area contributed by atoms with E-state index in [2.05, 4.69) is 5.32 Å². The Balaban J connectivity index is 4.76. The van der Waals surface area contributed by atoms with Gasteiger partial charge in [-0.1, -0.05) is 6.92 Å². The van der Waals surface area contributed by atoms with Gasteiger partial charge >= 0.3 is 6.09 Å². The van der Waals surface area contributed by atoms with Crippen LogP contribution in [0.25, 0.3) is 0 Å². The summed E-state index contributed by atoms with van der Waals surface area (Å²) in [6, 6.07) is -0.687. The molecule has 24 heavy (non-hydrogen) atoms. The fraction of sp³-hybridized carbons (Fsp3) is 0.923. The van der Waals surface area contributed by atoms with Crippen molar-refractivity contribution < 1.29 is 34.7 Å². The largest absolute Gasteiger partial charge is 0.444 e. The summed E-state index contributed by atoms with van der Waals surface area (Å²) in [5.74, 6) is -0.275. The van der Waals surface area contributed by atoms with Crippen LogP contribution in [-0.4, -0.2) is 60.3 Å². The van der Waals surface area contributed by atoms with Crippen molar-refractivity contribution in [1.82, 2.24) is 5.32 Å². The van der Waals surface area contributed by atoms with E-state index in [1.807, 2.05) is 0 Å². The molecule has 0 aliphatic carbocycles. The van der Waals surface area contributed by atoms with Gasteiger partial charge in [0.05, 0.1) is 31.8 Å². The van der Waals surface area contributed by atoms with Crippen LogP contribution in [0.5, 0.6) is 0 Å². The third-order valence-electron chi connectivity index (χ3n) is 2.46. The molecule has 0 rings (SSSR count). The first-order valence-corrected chi connectivity index (χ1v) is 10.9. The maximum absolute atomic E-state index is 11.8. The molecule has 1 N–H and O–H groups in total. The molecule has 0 fully saturated rings. The van der Waals surface area contributed by atoms with Crippen molar-refractivity contribution in [1.29, 1.82) is 0 Å². The van der Waals surface area contributed by atoms with Crippen LogP contribution in [-0.2, 0) is 33.3 Å². The van der Waals surface area contributed by atoms with Crippen molar-refractivity contribution in [3.05, 3.63) is 0 Å². The Labute approximate surface area is 144 Å². The van der Waals surface area contributed by atoms with Gasteiger partial charge in [0.25, 0.3) is 20.2 Å². The van der Waals surface area contributed by atoms with Crippen LogP contribution < -0.4 is 5.32 Å². The molecular formula is C13H27NO8S2. The molecule has 0 aliphatic rings. The van der Waals surface area contributed by atoms with E-state index in [9.17, 15) is 21.6 Å². The second-order valence-electron chi connectivity index (χ2n) is 6.66. The smallest absolute Gasteiger partial charge is 0.407 e. The lowest BCUT2D eigenvalue weighted by atomic mass is 10.0. The fourth-order valence-corrected chi connectivity index (χ4v) is 2.53. The minimum absolute atomic E-state index is 0.0930. The van der Waals surface area contributed by atoms with Crippen molar-refractivity contribution in [2.75, 3.05) is 25.7 Å². The molecule has 2 atom stereocenters. The van der Waals surface area contributed by atoms with Crippen molar-refractivity contribution in [2.24, 2.45) is 5.92 Å². The van der Waals surface area contributed by atoms with Crippen LogP contribution in [0.4, 0.5) is 4.79 Å². The zero-order chi connectivity index (χ0) is 19.2. The van der Waals surface area contributed by atoms with E-state index in [-0.39, 0.29) is 25.6 Å². The van der Waals surface area contributed by atoms with Crippen molar-refractivity contribution >= 4 is 26.3 Å². The van der Waals surface area contributed by atoms with Gasteiger partial charge in [0.15, 0.2) is 0 Å². The maximum atomic E-state index is 11.8. The van der Waals surface area contributed by atoms with E-state index in [4.69, 9.17) is 13.1 Å². The summed E-state index contributed by atoms with van der Waals surface area (Å²) in [5, 5.41) is 2.52. The number of hydrogen-bond acceptors (Lipinski definition) is 8. The van der Waals surface area contributed by atoms with E-state index < -0.39 is 38.0 Å². The quantitative estimate of drug-likeness (QED) is 0.576. The normalized spacial score (nSPS) is 15.6. The van der Waals surface area contributed by atoms with E-state index in [1.165, 1.54) is 0 Å². The summed E-state index contributed by atoms with van der Waals surface area (Å²) in [4.78, 5) is 11.8. The molecule has 0 aromatic heterocycles. The van der Waals surface area contributed by atoms with Gasteiger partial charge in [-0.05, 0) is 33.1 Å². The van der Waals surface area contributed by atoms with Gasteiger partial charge < -0.3 is 10.1 Å². The second kappa shape index (κ2) is 8.97. The molecule has 11 heteroatoms. The van der Waals surface area contributed by atoms with Crippen LogP contribution in [0, 0.1) is 5.92 Å². The minimum atomic E-state index is -3.68. The van der Waals surface area contributed by atoms with Gasteiger partial charge in [0.2, 0.25) is 0 Å². The Bertz CT molecular complexity index is 606. The summed E-state index contributed by atoms with van der Waals surface area (Å²) < 4.78 is 58.8. The number of ether oxygens (including phenoxy) is 1. The van der Waals surface area contributed by atoms with Gasteiger partial charge in [0.1, 0.15) is 5.60 Å². The summed E-state index contributed by atoms with van der Waals surface area (Å²) in [6.45, 7) is 6.40. The summed E-state index contributed by atoms with van der Waals surface area (Å²) in [7, 11) is -7.26. The lowest BCUT2D eigenvalue weighted by Gasteiger charge is -2.25. The zero-order valence-electron chi connectivity index (χ0n) is 14.9. The topological polar surface area (TPSA) is 125 Å². The molecular weight excluding hydrogens is 362 g/mol. The molecule has 0 unspecified atom stereocenters. The molecule has 0 saturated heterocycles. The van der Waals surface area contributed by atoms with Crippen LogP contribution in [0.2, 0.25) is 0 Å². The Morgan fingerprint density at radius 3 is 1.88 bits per heavy atom. The number of rotatable bonds is 9. The van der Waals surface area contributed by atoms with E-state index in [0.29, 0.717) is 0 Å². The fourth-order valence-electron chi connectivity index (χ4n) is 1.64. The van der Waals surface area contributed by atoms with Crippen molar-refractivity contribution in [3.8, 4) is 0 Å². The first-order valence-electron chi connectivity index (χ1n) is 7.26. The van der Waals surface area contributed by atoms with Gasteiger partial charge in [-0.2, -0.15) is 16.8 Å². The zero-order valence-corrected chi connectivity index (χ0v) is 16.5. The lowest BCUT2D eigenvalue weighted by molar-refractivity contribution is 0.0476. The van der Waals surface area contributed by atoms with E-state index >= 15 is 0 Å². The molecule has 0 aromatic carbocycles. The number of carbonyl (C=O) groups excluding carboxylic acids is 1. The third-order valence-corrected chi connectivity index (χ3v) is 3.59. The molecule has 0 spiro atoms. The molecule has 0 aromatic rings. The molecule has 0 radical (unpaired) electrons. The molecule has 144 valence electrons. The van der Waals surface area contributed by atoms with Crippen LogP contribution in [0.1, 0.15) is 34.1 Å². The minimum Gasteiger partial charge on any atom is -0.444 e. The van der Waals surface area contributed by atoms with Gasteiger partial charge in [-0.25, -0.2) is 4.79 Å². The number of alkyl carbamates (subject to hydrolysis) is 1. The van der Waals surface area contributed by atoms with E-state index in [1.54, 1.807) is 27.7 Å². The van der Waals surface area contributed by atoms with Gasteiger partial charge in [-0.15, -0.1) is 0 Å². The predicted octanol–water partition coefficient (Wildman–Crippen LogP) is 0.858. The van der Waals surface area contributed by atoms with Crippen molar-refractivity contribution in [3.63, 3.8) is 0 Å². The third kappa shape index (κ3) is 14.7. The first kappa shape index (κ1) is 23.1. The highest BCUT2D eigenvalue weighted by molar-refractivity contribution is 7.86. The highest BCUT2D eigenvalue weighted by Gasteiger charge is 2.23. The Morgan fingerprint density at radius 1 is 1.00 bits per heavy atom. The molecule has 0 saturated carbocycles. The molecule has 0 aliphatic heterocycles. The Hall–Kier alpha value is -0.910. The number of hydrogen-bond donors (Lipinski definition) is 1. The molecule has 9 nitrogen and oxygen atoms in total. The van der Waals surface area contributed by atoms with Gasteiger partial charge in [-0.3, -0.25) is 8.37 Å². The predicted molar refractivity (Wildman–Crippen MR) is 88.5 cm³/mol. The average Bonchev–Trinajstić information content (AvgIpc) is 2.29. The lowest BCUT2D eigenvalue weighted by Crippen LogP contribution is -2.43.